The molecular weight excluding hydrogens is 130 g/mol. The topological polar surface area (TPSA) is 64.9 Å². The van der Waals surface area contributed by atoms with E-state index in [0.717, 1.165) is 5.39 Å². The van der Waals surface area contributed by atoms with Gasteiger partial charge < -0.3 is 10.2 Å². The molecule has 2 N–H and O–H groups in total. The normalized spacial score (nSPS) is 10.4. The Morgan fingerprint density at radius 3 is 3.10 bits per heavy atom. The molecule has 0 spiro atoms. The van der Waals surface area contributed by atoms with E-state index in [4.69, 9.17) is 10.2 Å². The molecule has 2 aromatic heterocycles. The first-order valence-electron chi connectivity index (χ1n) is 2.81. The van der Waals surface area contributed by atoms with Crippen molar-refractivity contribution in [2.75, 3.05) is 5.73 Å². The van der Waals surface area contributed by atoms with E-state index in [9.17, 15) is 0 Å². The molecule has 0 radical (unpaired) electrons. The van der Waals surface area contributed by atoms with E-state index in [1.54, 1.807) is 6.26 Å². The fourth-order valence-electron chi connectivity index (χ4n) is 0.807. The van der Waals surface area contributed by atoms with Gasteiger partial charge in [-0.1, -0.05) is 0 Å². The van der Waals surface area contributed by atoms with Crippen LogP contribution in [0.3, 0.4) is 0 Å². The van der Waals surface area contributed by atoms with Crippen LogP contribution in [0.4, 0.5) is 5.69 Å². The van der Waals surface area contributed by atoms with Gasteiger partial charge in [-0.05, 0) is 0 Å². The standard InChI is InChI=1S/C6H5N3O/c7-5-1-8-9-6-3-10-2-4(5)6/h1-3H,7H2. The van der Waals surface area contributed by atoms with Gasteiger partial charge in [-0.25, -0.2) is 0 Å². The lowest BCUT2D eigenvalue weighted by atomic mass is 10.3. The summed E-state index contributed by atoms with van der Waals surface area (Å²) in [6.45, 7) is 0. The Morgan fingerprint density at radius 2 is 2.30 bits per heavy atom. The van der Waals surface area contributed by atoms with Crippen molar-refractivity contribution in [2.45, 2.75) is 0 Å². The summed E-state index contributed by atoms with van der Waals surface area (Å²) in [5.74, 6) is 0. The molecule has 0 atom stereocenters. The zero-order valence-corrected chi connectivity index (χ0v) is 5.11. The zero-order valence-electron chi connectivity index (χ0n) is 5.11. The maximum Gasteiger partial charge on any atom is 0.133 e. The number of hydrogen-bond acceptors (Lipinski definition) is 4. The van der Waals surface area contributed by atoms with Crippen LogP contribution in [0.2, 0.25) is 0 Å². The van der Waals surface area contributed by atoms with Crippen LogP contribution in [0.25, 0.3) is 10.9 Å². The van der Waals surface area contributed by atoms with Gasteiger partial charge in [-0.15, -0.1) is 5.10 Å². The molecular formula is C6H5N3O. The highest BCUT2D eigenvalue weighted by Crippen LogP contribution is 2.16. The average molecular weight is 135 g/mol. The highest BCUT2D eigenvalue weighted by molar-refractivity contribution is 5.87. The van der Waals surface area contributed by atoms with Gasteiger partial charge in [-0.2, -0.15) is 5.10 Å². The Hall–Kier alpha value is -1.58. The van der Waals surface area contributed by atoms with E-state index in [2.05, 4.69) is 10.2 Å². The third-order valence-corrected chi connectivity index (χ3v) is 1.31. The number of fused-ring (bicyclic) bond motifs is 1. The van der Waals surface area contributed by atoms with Gasteiger partial charge >= 0.3 is 0 Å². The van der Waals surface area contributed by atoms with Crippen LogP contribution in [-0.2, 0) is 0 Å². The first-order chi connectivity index (χ1) is 4.88. The first-order valence-corrected chi connectivity index (χ1v) is 2.81. The number of hydrogen-bond donors (Lipinski definition) is 1. The number of nitrogens with zero attached hydrogens (tertiary/aromatic N) is 2. The highest BCUT2D eigenvalue weighted by Gasteiger charge is 1.99. The fourth-order valence-corrected chi connectivity index (χ4v) is 0.807. The third-order valence-electron chi connectivity index (χ3n) is 1.31. The molecule has 4 nitrogen and oxygen atoms in total. The van der Waals surface area contributed by atoms with Crippen LogP contribution in [0, 0.1) is 0 Å². The lowest BCUT2D eigenvalue weighted by Gasteiger charge is -1.88. The van der Waals surface area contributed by atoms with Crippen LogP contribution >= 0.6 is 0 Å². The second-order valence-electron chi connectivity index (χ2n) is 1.97. The second kappa shape index (κ2) is 1.70. The van der Waals surface area contributed by atoms with E-state index in [0.29, 0.717) is 11.2 Å². The van der Waals surface area contributed by atoms with Crippen molar-refractivity contribution in [3.8, 4) is 0 Å². The van der Waals surface area contributed by atoms with E-state index >= 15 is 0 Å². The molecule has 0 aromatic carbocycles. The maximum atomic E-state index is 5.54. The Balaban J connectivity index is 2.95. The van der Waals surface area contributed by atoms with Gasteiger partial charge in [0.2, 0.25) is 0 Å². The number of anilines is 1. The van der Waals surface area contributed by atoms with Gasteiger partial charge in [0.15, 0.2) is 0 Å². The molecule has 0 aliphatic carbocycles. The van der Waals surface area contributed by atoms with Crippen LogP contribution < -0.4 is 5.73 Å². The molecule has 0 saturated heterocycles. The van der Waals surface area contributed by atoms with E-state index < -0.39 is 0 Å². The first kappa shape index (κ1) is 5.22. The molecule has 0 aliphatic rings. The van der Waals surface area contributed by atoms with Crippen LogP contribution in [0.15, 0.2) is 23.1 Å². The van der Waals surface area contributed by atoms with Gasteiger partial charge in [0.25, 0.3) is 0 Å². The Morgan fingerprint density at radius 1 is 1.40 bits per heavy atom. The molecule has 0 unspecified atom stereocenters. The average Bonchev–Trinajstić information content (AvgIpc) is 2.36. The molecule has 2 aromatic rings. The van der Waals surface area contributed by atoms with Crippen molar-refractivity contribution in [1.29, 1.82) is 0 Å². The SMILES string of the molecule is Nc1cnnc2cocc12. The Labute approximate surface area is 56.7 Å². The number of nitrogens with two attached hydrogens (primary N) is 1. The van der Waals surface area contributed by atoms with Gasteiger partial charge in [0, 0.05) is 0 Å². The van der Waals surface area contributed by atoms with E-state index in [-0.39, 0.29) is 0 Å². The third kappa shape index (κ3) is 0.556. The summed E-state index contributed by atoms with van der Waals surface area (Å²) in [5.41, 5.74) is 6.83. The number of nitrogen functional groups attached to an aromatic ring is 1. The summed E-state index contributed by atoms with van der Waals surface area (Å²) in [6, 6.07) is 0. The number of rotatable bonds is 0. The lowest BCUT2D eigenvalue weighted by molar-refractivity contribution is 0.571. The van der Waals surface area contributed by atoms with Gasteiger partial charge in [-0.3, -0.25) is 0 Å². The molecule has 0 amide bonds. The largest absolute Gasteiger partial charge is 0.469 e. The fraction of sp³-hybridized carbons (Fsp3) is 0. The number of aromatic nitrogens is 2. The summed E-state index contributed by atoms with van der Waals surface area (Å²) in [4.78, 5) is 0. The van der Waals surface area contributed by atoms with Crippen LogP contribution in [0.1, 0.15) is 0 Å². The zero-order chi connectivity index (χ0) is 6.97. The summed E-state index contributed by atoms with van der Waals surface area (Å²) in [5, 5.41) is 8.24. The molecule has 0 saturated carbocycles. The van der Waals surface area contributed by atoms with Gasteiger partial charge in [0.1, 0.15) is 18.0 Å². The summed E-state index contributed by atoms with van der Waals surface area (Å²) < 4.78 is 4.86. The van der Waals surface area contributed by atoms with Gasteiger partial charge in [0.05, 0.1) is 17.3 Å². The smallest absolute Gasteiger partial charge is 0.133 e. The molecule has 0 bridgehead atoms. The molecule has 2 rings (SSSR count). The highest BCUT2D eigenvalue weighted by atomic mass is 16.3. The maximum absolute atomic E-state index is 5.54. The van der Waals surface area contributed by atoms with Crippen molar-refractivity contribution in [3.05, 3.63) is 18.7 Å². The van der Waals surface area contributed by atoms with Crippen molar-refractivity contribution in [2.24, 2.45) is 0 Å². The lowest BCUT2D eigenvalue weighted by Crippen LogP contribution is -1.88. The molecule has 10 heavy (non-hydrogen) atoms. The number of furan rings is 1. The predicted molar refractivity (Wildman–Crippen MR) is 36.2 cm³/mol. The summed E-state index contributed by atoms with van der Waals surface area (Å²) in [7, 11) is 0. The van der Waals surface area contributed by atoms with Crippen molar-refractivity contribution in [1.82, 2.24) is 10.2 Å². The minimum atomic E-state index is 0.596. The van der Waals surface area contributed by atoms with Crippen molar-refractivity contribution < 1.29 is 4.42 Å². The quantitative estimate of drug-likeness (QED) is 0.580. The predicted octanol–water partition coefficient (Wildman–Crippen LogP) is 0.805. The van der Waals surface area contributed by atoms with E-state index in [1.165, 1.54) is 12.5 Å². The molecule has 2 heterocycles. The Bertz CT molecular complexity index is 355. The minimum Gasteiger partial charge on any atom is -0.469 e. The van der Waals surface area contributed by atoms with Crippen molar-refractivity contribution >= 4 is 16.6 Å². The van der Waals surface area contributed by atoms with Crippen molar-refractivity contribution in [3.63, 3.8) is 0 Å². The minimum absolute atomic E-state index is 0.596. The van der Waals surface area contributed by atoms with Crippen LogP contribution in [-0.4, -0.2) is 10.2 Å². The van der Waals surface area contributed by atoms with E-state index in [1.807, 2.05) is 0 Å². The van der Waals surface area contributed by atoms with Crippen LogP contribution in [0.5, 0.6) is 0 Å². The molecule has 50 valence electrons. The molecule has 0 aliphatic heterocycles. The summed E-state index contributed by atoms with van der Waals surface area (Å²) in [6.07, 6.45) is 4.57. The molecule has 4 heteroatoms. The molecule has 0 fully saturated rings. The summed E-state index contributed by atoms with van der Waals surface area (Å²) >= 11 is 0. The Kier molecular flexibility index (Phi) is 0.887. The monoisotopic (exact) mass is 135 g/mol. The second-order valence-corrected chi connectivity index (χ2v) is 1.97.